The van der Waals surface area contributed by atoms with Gasteiger partial charge in [-0.15, -0.1) is 0 Å². The molecule has 0 bridgehead atoms. The van der Waals surface area contributed by atoms with E-state index in [0.717, 1.165) is 17.8 Å². The summed E-state index contributed by atoms with van der Waals surface area (Å²) in [7, 11) is 0. The van der Waals surface area contributed by atoms with E-state index < -0.39 is 11.7 Å². The van der Waals surface area contributed by atoms with Crippen LogP contribution < -0.4 is 5.32 Å². The van der Waals surface area contributed by atoms with Gasteiger partial charge in [0, 0.05) is 0 Å². The first-order chi connectivity index (χ1) is 9.40. The van der Waals surface area contributed by atoms with Gasteiger partial charge in [-0.2, -0.15) is 0 Å². The number of carbonyl (C=O) groups excluding carboxylic acids is 1. The van der Waals surface area contributed by atoms with E-state index in [1.807, 2.05) is 0 Å². The molecule has 0 spiro atoms. The van der Waals surface area contributed by atoms with E-state index in [0.29, 0.717) is 5.02 Å². The summed E-state index contributed by atoms with van der Waals surface area (Å²) in [6.07, 6.45) is 0.922. The summed E-state index contributed by atoms with van der Waals surface area (Å²) in [5.74, 6) is -1.31. The topological polar surface area (TPSA) is 42.0 Å². The Morgan fingerprint density at radius 3 is 2.70 bits per heavy atom. The number of carbonyl (C=O) groups is 1. The van der Waals surface area contributed by atoms with Gasteiger partial charge in [-0.25, -0.2) is 9.37 Å². The molecular formula is C13H8Cl3FN2O. The summed E-state index contributed by atoms with van der Waals surface area (Å²) in [6.45, 7) is 1.77. The molecule has 7 heteroatoms. The molecule has 0 radical (unpaired) electrons. The summed E-state index contributed by atoms with van der Waals surface area (Å²) in [4.78, 5) is 15.7. The van der Waals surface area contributed by atoms with Crippen LogP contribution in [0.4, 0.5) is 10.1 Å². The Labute approximate surface area is 129 Å². The predicted molar refractivity (Wildman–Crippen MR) is 78.4 cm³/mol. The molecule has 1 aromatic carbocycles. The molecule has 0 fully saturated rings. The SMILES string of the molecule is Cc1ccc(Cl)c(NC(=O)c2cc(F)cnc2Cl)c1Cl. The summed E-state index contributed by atoms with van der Waals surface area (Å²) in [5, 5.41) is 2.99. The minimum absolute atomic E-state index is 0.0969. The Kier molecular flexibility index (Phi) is 4.48. The number of benzene rings is 1. The lowest BCUT2D eigenvalue weighted by Gasteiger charge is -2.11. The molecule has 1 N–H and O–H groups in total. The normalized spacial score (nSPS) is 10.4. The maximum Gasteiger partial charge on any atom is 0.258 e. The smallest absolute Gasteiger partial charge is 0.258 e. The van der Waals surface area contributed by atoms with Crippen LogP contribution in [0, 0.1) is 12.7 Å². The van der Waals surface area contributed by atoms with Crippen LogP contribution in [0.2, 0.25) is 15.2 Å². The van der Waals surface area contributed by atoms with Crippen LogP contribution in [-0.2, 0) is 0 Å². The summed E-state index contributed by atoms with van der Waals surface area (Å²) >= 11 is 17.8. The Morgan fingerprint density at radius 1 is 1.30 bits per heavy atom. The van der Waals surface area contributed by atoms with Gasteiger partial charge in [0.05, 0.1) is 27.5 Å². The van der Waals surface area contributed by atoms with Crippen molar-refractivity contribution in [3.05, 3.63) is 56.5 Å². The van der Waals surface area contributed by atoms with E-state index in [1.54, 1.807) is 19.1 Å². The van der Waals surface area contributed by atoms with Crippen molar-refractivity contribution < 1.29 is 9.18 Å². The molecule has 1 amide bonds. The zero-order chi connectivity index (χ0) is 14.9. The van der Waals surface area contributed by atoms with Crippen molar-refractivity contribution in [3.63, 3.8) is 0 Å². The first-order valence-corrected chi connectivity index (χ1v) is 6.60. The Balaban J connectivity index is 2.38. The number of rotatable bonds is 2. The maximum absolute atomic E-state index is 13.1. The Bertz CT molecular complexity index is 692. The van der Waals surface area contributed by atoms with E-state index in [-0.39, 0.29) is 21.4 Å². The van der Waals surface area contributed by atoms with Gasteiger partial charge in [0.1, 0.15) is 11.0 Å². The molecule has 3 nitrogen and oxygen atoms in total. The highest BCUT2D eigenvalue weighted by Crippen LogP contribution is 2.33. The molecular weight excluding hydrogens is 326 g/mol. The fourth-order valence-electron chi connectivity index (χ4n) is 1.53. The van der Waals surface area contributed by atoms with Crippen LogP contribution in [-0.4, -0.2) is 10.9 Å². The number of halogens is 4. The largest absolute Gasteiger partial charge is 0.319 e. The molecule has 20 heavy (non-hydrogen) atoms. The lowest BCUT2D eigenvalue weighted by molar-refractivity contribution is 0.102. The van der Waals surface area contributed by atoms with E-state index in [9.17, 15) is 9.18 Å². The number of pyridine rings is 1. The minimum Gasteiger partial charge on any atom is -0.319 e. The van der Waals surface area contributed by atoms with E-state index in [4.69, 9.17) is 34.8 Å². The van der Waals surface area contributed by atoms with Gasteiger partial charge < -0.3 is 5.32 Å². The number of aromatic nitrogens is 1. The number of nitrogens with one attached hydrogen (secondary N) is 1. The maximum atomic E-state index is 13.1. The summed E-state index contributed by atoms with van der Waals surface area (Å²) < 4.78 is 13.1. The molecule has 2 aromatic rings. The van der Waals surface area contributed by atoms with Gasteiger partial charge in [0.15, 0.2) is 0 Å². The fourth-order valence-corrected chi connectivity index (χ4v) is 2.19. The van der Waals surface area contributed by atoms with Crippen molar-refractivity contribution in [3.8, 4) is 0 Å². The van der Waals surface area contributed by atoms with Crippen molar-refractivity contribution in [2.75, 3.05) is 5.32 Å². The molecule has 104 valence electrons. The first kappa shape index (κ1) is 15.0. The lowest BCUT2D eigenvalue weighted by Crippen LogP contribution is -2.14. The molecule has 0 saturated heterocycles. The van der Waals surface area contributed by atoms with E-state index >= 15 is 0 Å². The number of hydrogen-bond acceptors (Lipinski definition) is 2. The number of aryl methyl sites for hydroxylation is 1. The highest BCUT2D eigenvalue weighted by Gasteiger charge is 2.16. The molecule has 0 aliphatic carbocycles. The third-order valence-electron chi connectivity index (χ3n) is 2.57. The van der Waals surface area contributed by atoms with Crippen molar-refractivity contribution in [2.45, 2.75) is 6.92 Å². The molecule has 0 aliphatic heterocycles. The second-order valence-corrected chi connectivity index (χ2v) is 5.14. The first-order valence-electron chi connectivity index (χ1n) is 5.47. The molecule has 1 heterocycles. The highest BCUT2D eigenvalue weighted by atomic mass is 35.5. The van der Waals surface area contributed by atoms with Crippen LogP contribution in [0.15, 0.2) is 24.4 Å². The summed E-state index contributed by atoms with van der Waals surface area (Å²) in [5.41, 5.74) is 0.897. The van der Waals surface area contributed by atoms with Crippen molar-refractivity contribution >= 4 is 46.4 Å². The van der Waals surface area contributed by atoms with Crippen LogP contribution in [0.25, 0.3) is 0 Å². The van der Waals surface area contributed by atoms with Crippen LogP contribution in [0.3, 0.4) is 0 Å². The third-order valence-corrected chi connectivity index (χ3v) is 3.68. The third kappa shape index (κ3) is 3.03. The van der Waals surface area contributed by atoms with Gasteiger partial charge in [-0.1, -0.05) is 40.9 Å². The number of amides is 1. The average molecular weight is 334 g/mol. The monoisotopic (exact) mass is 332 g/mol. The zero-order valence-electron chi connectivity index (χ0n) is 10.2. The Hall–Kier alpha value is -1.36. The van der Waals surface area contributed by atoms with Gasteiger partial charge in [0.2, 0.25) is 0 Å². The van der Waals surface area contributed by atoms with Crippen LogP contribution >= 0.6 is 34.8 Å². The lowest BCUT2D eigenvalue weighted by atomic mass is 10.2. The fraction of sp³-hybridized carbons (Fsp3) is 0.0769. The van der Waals surface area contributed by atoms with E-state index in [1.165, 1.54) is 0 Å². The van der Waals surface area contributed by atoms with Crippen molar-refractivity contribution in [2.24, 2.45) is 0 Å². The number of hydrogen-bond donors (Lipinski definition) is 1. The highest BCUT2D eigenvalue weighted by molar-refractivity contribution is 6.40. The summed E-state index contributed by atoms with van der Waals surface area (Å²) in [6, 6.07) is 4.31. The standard InChI is InChI=1S/C13H8Cl3FN2O/c1-6-2-3-9(14)11(10(6)15)19-13(20)8-4-7(17)5-18-12(8)16/h2-5H,1H3,(H,19,20). The minimum atomic E-state index is -0.666. The van der Waals surface area contributed by atoms with E-state index in [2.05, 4.69) is 10.3 Å². The second-order valence-electron chi connectivity index (χ2n) is 4.00. The van der Waals surface area contributed by atoms with Gasteiger partial charge in [-0.05, 0) is 24.6 Å². The van der Waals surface area contributed by atoms with Gasteiger partial charge in [0.25, 0.3) is 5.91 Å². The zero-order valence-corrected chi connectivity index (χ0v) is 12.4. The number of anilines is 1. The van der Waals surface area contributed by atoms with Gasteiger partial charge in [-0.3, -0.25) is 4.79 Å². The number of nitrogens with zero attached hydrogens (tertiary/aromatic N) is 1. The predicted octanol–water partition coefficient (Wildman–Crippen LogP) is 4.74. The van der Waals surface area contributed by atoms with Crippen molar-refractivity contribution in [1.29, 1.82) is 0 Å². The van der Waals surface area contributed by atoms with Crippen molar-refractivity contribution in [1.82, 2.24) is 4.98 Å². The molecule has 1 aromatic heterocycles. The Morgan fingerprint density at radius 2 is 2.00 bits per heavy atom. The molecule has 2 rings (SSSR count). The quantitative estimate of drug-likeness (QED) is 0.806. The van der Waals surface area contributed by atoms with Crippen LogP contribution in [0.5, 0.6) is 0 Å². The van der Waals surface area contributed by atoms with Gasteiger partial charge >= 0.3 is 0 Å². The molecule has 0 atom stereocenters. The molecule has 0 aliphatic rings. The molecule has 0 unspecified atom stereocenters. The van der Waals surface area contributed by atoms with Crippen LogP contribution in [0.1, 0.15) is 15.9 Å². The second kappa shape index (κ2) is 5.95. The molecule has 0 saturated carbocycles. The average Bonchev–Trinajstić information content (AvgIpc) is 2.41.